The summed E-state index contributed by atoms with van der Waals surface area (Å²) in [6, 6.07) is 20.4. The standard InChI is InChI=1S/C23H19ClN2O3/c1-2-15-6-5-7-17(12-15)28-14-22(27)25-16-10-11-20-21(13-16)29-23(26-20)18-8-3-4-9-19(18)24/h3-13H,2,14H2,1H3,(H,25,27). The van der Waals surface area contributed by atoms with Gasteiger partial charge in [0.25, 0.3) is 5.91 Å². The van der Waals surface area contributed by atoms with E-state index in [1.165, 1.54) is 0 Å². The quantitative estimate of drug-likeness (QED) is 0.444. The van der Waals surface area contributed by atoms with Gasteiger partial charge in [-0.05, 0) is 48.4 Å². The first kappa shape index (κ1) is 19.0. The number of halogens is 1. The predicted octanol–water partition coefficient (Wildman–Crippen LogP) is 5.73. The number of benzene rings is 3. The van der Waals surface area contributed by atoms with Crippen molar-refractivity contribution in [3.63, 3.8) is 0 Å². The number of nitrogens with one attached hydrogen (secondary N) is 1. The van der Waals surface area contributed by atoms with Gasteiger partial charge in [0.2, 0.25) is 5.89 Å². The molecule has 1 amide bonds. The Labute approximate surface area is 173 Å². The van der Waals surface area contributed by atoms with Crippen LogP contribution in [0.4, 0.5) is 5.69 Å². The van der Waals surface area contributed by atoms with Crippen molar-refractivity contribution in [2.24, 2.45) is 0 Å². The number of hydrogen-bond donors (Lipinski definition) is 1. The molecule has 0 saturated heterocycles. The molecule has 0 saturated carbocycles. The SMILES string of the molecule is CCc1cccc(OCC(=O)Nc2ccc3nc(-c4ccccc4Cl)oc3c2)c1. The molecule has 0 unspecified atom stereocenters. The molecule has 0 atom stereocenters. The van der Waals surface area contributed by atoms with E-state index >= 15 is 0 Å². The van der Waals surface area contributed by atoms with Gasteiger partial charge < -0.3 is 14.5 Å². The largest absolute Gasteiger partial charge is 0.484 e. The Kier molecular flexibility index (Phi) is 5.49. The van der Waals surface area contributed by atoms with E-state index in [2.05, 4.69) is 17.2 Å². The zero-order chi connectivity index (χ0) is 20.2. The maximum Gasteiger partial charge on any atom is 0.262 e. The van der Waals surface area contributed by atoms with Crippen LogP contribution < -0.4 is 10.1 Å². The highest BCUT2D eigenvalue weighted by Crippen LogP contribution is 2.30. The van der Waals surface area contributed by atoms with E-state index in [4.69, 9.17) is 20.8 Å². The number of nitrogens with zero attached hydrogens (tertiary/aromatic N) is 1. The maximum absolute atomic E-state index is 12.2. The molecule has 0 fully saturated rings. The fraction of sp³-hybridized carbons (Fsp3) is 0.130. The van der Waals surface area contributed by atoms with Crippen molar-refractivity contribution in [3.05, 3.63) is 77.3 Å². The van der Waals surface area contributed by atoms with Crippen LogP contribution >= 0.6 is 11.6 Å². The molecule has 146 valence electrons. The van der Waals surface area contributed by atoms with E-state index in [1.807, 2.05) is 42.5 Å². The van der Waals surface area contributed by atoms with Crippen LogP contribution in [0.3, 0.4) is 0 Å². The fourth-order valence-electron chi connectivity index (χ4n) is 2.95. The summed E-state index contributed by atoms with van der Waals surface area (Å²) >= 11 is 6.22. The summed E-state index contributed by atoms with van der Waals surface area (Å²) in [5.41, 5.74) is 3.74. The predicted molar refractivity (Wildman–Crippen MR) is 114 cm³/mol. The first-order chi connectivity index (χ1) is 14.1. The molecule has 1 N–H and O–H groups in total. The number of aromatic nitrogens is 1. The van der Waals surface area contributed by atoms with Crippen molar-refractivity contribution >= 4 is 34.3 Å². The highest BCUT2D eigenvalue weighted by molar-refractivity contribution is 6.33. The highest BCUT2D eigenvalue weighted by Gasteiger charge is 2.12. The Balaban J connectivity index is 1.45. The lowest BCUT2D eigenvalue weighted by Crippen LogP contribution is -2.20. The topological polar surface area (TPSA) is 64.4 Å². The van der Waals surface area contributed by atoms with E-state index in [9.17, 15) is 4.79 Å². The number of carbonyl (C=O) groups is 1. The normalized spacial score (nSPS) is 10.8. The van der Waals surface area contributed by atoms with Gasteiger partial charge in [-0.1, -0.05) is 42.8 Å². The molecule has 0 aliphatic carbocycles. The van der Waals surface area contributed by atoms with Gasteiger partial charge >= 0.3 is 0 Å². The maximum atomic E-state index is 12.2. The van der Waals surface area contributed by atoms with Crippen LogP contribution in [0.2, 0.25) is 5.02 Å². The minimum absolute atomic E-state index is 0.0769. The highest BCUT2D eigenvalue weighted by atomic mass is 35.5. The number of carbonyl (C=O) groups excluding carboxylic acids is 1. The van der Waals surface area contributed by atoms with Crippen LogP contribution in [0.15, 0.2) is 71.1 Å². The molecule has 3 aromatic carbocycles. The van der Waals surface area contributed by atoms with Crippen LogP contribution in [0.1, 0.15) is 12.5 Å². The zero-order valence-electron chi connectivity index (χ0n) is 15.8. The third-order valence-electron chi connectivity index (χ3n) is 4.45. The van der Waals surface area contributed by atoms with Gasteiger partial charge in [-0.25, -0.2) is 4.98 Å². The van der Waals surface area contributed by atoms with Gasteiger partial charge in [0.05, 0.1) is 10.6 Å². The van der Waals surface area contributed by atoms with E-state index < -0.39 is 0 Å². The summed E-state index contributed by atoms with van der Waals surface area (Å²) in [5, 5.41) is 3.38. The van der Waals surface area contributed by atoms with Crippen molar-refractivity contribution in [2.75, 3.05) is 11.9 Å². The van der Waals surface area contributed by atoms with Gasteiger partial charge in [-0.2, -0.15) is 0 Å². The van der Waals surface area contributed by atoms with Gasteiger partial charge in [0.15, 0.2) is 12.2 Å². The van der Waals surface area contributed by atoms with E-state index in [1.54, 1.807) is 24.3 Å². The summed E-state index contributed by atoms with van der Waals surface area (Å²) in [4.78, 5) is 16.7. The van der Waals surface area contributed by atoms with Gasteiger partial charge in [0.1, 0.15) is 11.3 Å². The smallest absolute Gasteiger partial charge is 0.262 e. The van der Waals surface area contributed by atoms with Gasteiger partial charge in [-0.15, -0.1) is 0 Å². The molecule has 0 radical (unpaired) electrons. The van der Waals surface area contributed by atoms with Crippen molar-refractivity contribution in [1.82, 2.24) is 4.98 Å². The number of hydrogen-bond acceptors (Lipinski definition) is 4. The molecular weight excluding hydrogens is 388 g/mol. The lowest BCUT2D eigenvalue weighted by Gasteiger charge is -2.08. The second kappa shape index (κ2) is 8.37. The number of oxazole rings is 1. The van der Waals surface area contributed by atoms with Crippen molar-refractivity contribution in [1.29, 1.82) is 0 Å². The summed E-state index contributed by atoms with van der Waals surface area (Å²) in [5.74, 6) is 0.861. The molecule has 5 nitrogen and oxygen atoms in total. The minimum Gasteiger partial charge on any atom is -0.484 e. The van der Waals surface area contributed by atoms with Crippen molar-refractivity contribution < 1.29 is 13.9 Å². The number of amides is 1. The van der Waals surface area contributed by atoms with Crippen LogP contribution in [-0.2, 0) is 11.2 Å². The average Bonchev–Trinajstić information content (AvgIpc) is 3.16. The molecule has 4 aromatic rings. The first-order valence-corrected chi connectivity index (χ1v) is 9.67. The molecular formula is C23H19ClN2O3. The molecule has 29 heavy (non-hydrogen) atoms. The third-order valence-corrected chi connectivity index (χ3v) is 4.78. The second-order valence-corrected chi connectivity index (χ2v) is 6.93. The molecule has 0 spiro atoms. The van der Waals surface area contributed by atoms with Crippen LogP contribution in [0.25, 0.3) is 22.6 Å². The number of ether oxygens (including phenoxy) is 1. The lowest BCUT2D eigenvalue weighted by atomic mass is 10.2. The third kappa shape index (κ3) is 4.41. The summed E-state index contributed by atoms with van der Waals surface area (Å²) in [6.45, 7) is 2.00. The average molecular weight is 407 g/mol. The summed E-state index contributed by atoms with van der Waals surface area (Å²) in [6.07, 6.45) is 0.913. The van der Waals surface area contributed by atoms with Crippen LogP contribution in [0.5, 0.6) is 5.75 Å². The molecule has 4 rings (SSSR count). The van der Waals surface area contributed by atoms with Crippen molar-refractivity contribution in [3.8, 4) is 17.2 Å². The van der Waals surface area contributed by atoms with Crippen LogP contribution in [-0.4, -0.2) is 17.5 Å². The molecule has 1 aromatic heterocycles. The Bertz CT molecular complexity index is 1170. The lowest BCUT2D eigenvalue weighted by molar-refractivity contribution is -0.118. The monoisotopic (exact) mass is 406 g/mol. The van der Waals surface area contributed by atoms with E-state index in [-0.39, 0.29) is 12.5 Å². The Morgan fingerprint density at radius 3 is 2.79 bits per heavy atom. The van der Waals surface area contributed by atoms with Crippen LogP contribution in [0, 0.1) is 0 Å². The second-order valence-electron chi connectivity index (χ2n) is 6.52. The Hall–Kier alpha value is -3.31. The van der Waals surface area contributed by atoms with Gasteiger partial charge in [0, 0.05) is 11.8 Å². The Morgan fingerprint density at radius 1 is 1.10 bits per heavy atom. The fourth-order valence-corrected chi connectivity index (χ4v) is 3.17. The minimum atomic E-state index is -0.253. The zero-order valence-corrected chi connectivity index (χ0v) is 16.6. The van der Waals surface area contributed by atoms with Crippen molar-refractivity contribution in [2.45, 2.75) is 13.3 Å². The number of aryl methyl sites for hydroxylation is 1. The van der Waals surface area contributed by atoms with Gasteiger partial charge in [-0.3, -0.25) is 4.79 Å². The molecule has 0 bridgehead atoms. The van der Waals surface area contributed by atoms with E-state index in [0.29, 0.717) is 33.4 Å². The molecule has 0 aliphatic rings. The molecule has 0 aliphatic heterocycles. The van der Waals surface area contributed by atoms with E-state index in [0.717, 1.165) is 17.5 Å². The molecule has 6 heteroatoms. The summed E-state index contributed by atoms with van der Waals surface area (Å²) in [7, 11) is 0. The molecule has 1 heterocycles. The Morgan fingerprint density at radius 2 is 1.97 bits per heavy atom. The first-order valence-electron chi connectivity index (χ1n) is 9.29. The number of anilines is 1. The number of rotatable bonds is 6. The number of fused-ring (bicyclic) bond motifs is 1. The summed E-state index contributed by atoms with van der Waals surface area (Å²) < 4.78 is 11.4.